The number of anilines is 3. The molecule has 0 atom stereocenters. The number of nitrogens with one attached hydrogen (secondary N) is 1. The molecule has 0 aromatic heterocycles. The molecular weight excluding hydrogens is 321 g/mol. The van der Waals surface area contributed by atoms with Crippen LogP contribution in [0.1, 0.15) is 0 Å². The van der Waals surface area contributed by atoms with Crippen molar-refractivity contribution in [3.63, 3.8) is 0 Å². The fourth-order valence-electron chi connectivity index (χ4n) is 1.60. The summed E-state index contributed by atoms with van der Waals surface area (Å²) in [4.78, 5) is -0.0395. The van der Waals surface area contributed by atoms with Gasteiger partial charge in [-0.2, -0.15) is 0 Å². The first-order valence-corrected chi connectivity index (χ1v) is 7.71. The van der Waals surface area contributed by atoms with Crippen LogP contribution in [0.25, 0.3) is 0 Å². The van der Waals surface area contributed by atoms with E-state index in [4.69, 9.17) is 34.1 Å². The molecule has 0 aliphatic carbocycles. The molecule has 2 aromatic rings. The second kappa shape index (κ2) is 5.49. The lowest BCUT2D eigenvalue weighted by Crippen LogP contribution is -2.12. The van der Waals surface area contributed by atoms with E-state index >= 15 is 0 Å². The van der Waals surface area contributed by atoms with Crippen LogP contribution in [-0.2, 0) is 10.0 Å². The smallest absolute Gasteiger partial charge is 0.238 e. The highest BCUT2D eigenvalue weighted by atomic mass is 35.5. The molecule has 0 fully saturated rings. The Kier molecular flexibility index (Phi) is 4.10. The quantitative estimate of drug-likeness (QED) is 0.753. The zero-order valence-corrected chi connectivity index (χ0v) is 12.4. The van der Waals surface area contributed by atoms with Gasteiger partial charge in [0.15, 0.2) is 0 Å². The number of sulfonamides is 1. The molecule has 0 saturated carbocycles. The Bertz CT molecular complexity index is 743. The molecular formula is C12H11Cl2N3O2S. The van der Waals surface area contributed by atoms with Crippen LogP contribution >= 0.6 is 23.2 Å². The van der Waals surface area contributed by atoms with Gasteiger partial charge in [-0.3, -0.25) is 0 Å². The van der Waals surface area contributed by atoms with Gasteiger partial charge in [-0.1, -0.05) is 23.2 Å². The Morgan fingerprint density at radius 2 is 1.60 bits per heavy atom. The van der Waals surface area contributed by atoms with Crippen molar-refractivity contribution >= 4 is 50.3 Å². The molecule has 0 bridgehead atoms. The first-order chi connectivity index (χ1) is 9.25. The van der Waals surface area contributed by atoms with E-state index in [9.17, 15) is 8.42 Å². The van der Waals surface area contributed by atoms with E-state index in [-0.39, 0.29) is 4.90 Å². The van der Waals surface area contributed by atoms with Crippen molar-refractivity contribution in [2.24, 2.45) is 5.14 Å². The summed E-state index contributed by atoms with van der Waals surface area (Å²) in [6.45, 7) is 0. The fourth-order valence-corrected chi connectivity index (χ4v) is 2.67. The summed E-state index contributed by atoms with van der Waals surface area (Å²) >= 11 is 11.8. The number of halogens is 2. The van der Waals surface area contributed by atoms with E-state index in [0.717, 1.165) is 0 Å². The lowest BCUT2D eigenvalue weighted by molar-refractivity contribution is 0.598. The number of nitrogens with two attached hydrogens (primary N) is 2. The van der Waals surface area contributed by atoms with Crippen molar-refractivity contribution in [2.45, 2.75) is 4.90 Å². The van der Waals surface area contributed by atoms with Gasteiger partial charge in [-0.25, -0.2) is 13.6 Å². The molecule has 0 spiro atoms. The van der Waals surface area contributed by atoms with Crippen LogP contribution < -0.4 is 16.2 Å². The van der Waals surface area contributed by atoms with Gasteiger partial charge < -0.3 is 11.1 Å². The maximum absolute atomic E-state index is 11.3. The number of benzene rings is 2. The van der Waals surface area contributed by atoms with Gasteiger partial charge in [0.2, 0.25) is 10.0 Å². The number of nitrogen functional groups attached to an aromatic ring is 1. The summed E-state index contributed by atoms with van der Waals surface area (Å²) in [5, 5.41) is 8.92. The fraction of sp³-hybridized carbons (Fsp3) is 0. The average Bonchev–Trinajstić information content (AvgIpc) is 2.29. The van der Waals surface area contributed by atoms with Crippen molar-refractivity contribution in [1.82, 2.24) is 0 Å². The van der Waals surface area contributed by atoms with E-state index in [1.165, 1.54) is 18.2 Å². The van der Waals surface area contributed by atoms with E-state index in [1.54, 1.807) is 18.2 Å². The first kappa shape index (κ1) is 14.9. The van der Waals surface area contributed by atoms with Gasteiger partial charge in [0.1, 0.15) is 0 Å². The molecule has 2 rings (SSSR count). The third kappa shape index (κ3) is 3.55. The van der Waals surface area contributed by atoms with Crippen LogP contribution in [0.4, 0.5) is 17.1 Å². The largest absolute Gasteiger partial charge is 0.397 e. The third-order valence-electron chi connectivity index (χ3n) is 2.49. The van der Waals surface area contributed by atoms with Crippen molar-refractivity contribution in [3.8, 4) is 0 Å². The second-order valence-corrected chi connectivity index (χ2v) is 6.51. The van der Waals surface area contributed by atoms with Crippen molar-refractivity contribution in [1.29, 1.82) is 0 Å². The summed E-state index contributed by atoms with van der Waals surface area (Å²) in [7, 11) is -3.80. The number of primary sulfonamides is 1. The highest BCUT2D eigenvalue weighted by Crippen LogP contribution is 2.29. The van der Waals surface area contributed by atoms with Crippen LogP contribution in [0, 0.1) is 0 Å². The molecule has 0 radical (unpaired) electrons. The van der Waals surface area contributed by atoms with Crippen LogP contribution in [0.3, 0.4) is 0 Å². The lowest BCUT2D eigenvalue weighted by atomic mass is 10.2. The molecule has 8 heteroatoms. The van der Waals surface area contributed by atoms with E-state index in [2.05, 4.69) is 5.32 Å². The van der Waals surface area contributed by atoms with E-state index in [0.29, 0.717) is 27.1 Å². The molecule has 0 aliphatic heterocycles. The Hall–Kier alpha value is -1.47. The lowest BCUT2D eigenvalue weighted by Gasteiger charge is -2.11. The monoisotopic (exact) mass is 331 g/mol. The maximum Gasteiger partial charge on any atom is 0.238 e. The normalized spacial score (nSPS) is 11.3. The topological polar surface area (TPSA) is 98.2 Å². The van der Waals surface area contributed by atoms with Gasteiger partial charge in [-0.05, 0) is 36.4 Å². The van der Waals surface area contributed by atoms with Gasteiger partial charge in [-0.15, -0.1) is 0 Å². The van der Waals surface area contributed by atoms with E-state index < -0.39 is 10.0 Å². The minimum Gasteiger partial charge on any atom is -0.397 e. The van der Waals surface area contributed by atoms with Crippen molar-refractivity contribution in [3.05, 3.63) is 46.4 Å². The third-order valence-corrected chi connectivity index (χ3v) is 3.84. The number of rotatable bonds is 3. The highest BCUT2D eigenvalue weighted by Gasteiger charge is 2.11. The van der Waals surface area contributed by atoms with Gasteiger partial charge >= 0.3 is 0 Å². The molecule has 0 heterocycles. The Morgan fingerprint density at radius 3 is 2.15 bits per heavy atom. The minimum absolute atomic E-state index is 0.0395. The summed E-state index contributed by atoms with van der Waals surface area (Å²) in [6, 6.07) is 8.99. The van der Waals surface area contributed by atoms with Gasteiger partial charge in [0.25, 0.3) is 0 Å². The molecule has 0 amide bonds. The molecule has 2 aromatic carbocycles. The molecule has 20 heavy (non-hydrogen) atoms. The standard InChI is InChI=1S/C12H11Cl2N3O2S/c13-7-3-8(14)5-9(4-7)17-12-6-10(20(16,18)19)1-2-11(12)15/h1-6,17H,15H2,(H2,16,18,19). The Balaban J connectivity index is 2.42. The highest BCUT2D eigenvalue weighted by molar-refractivity contribution is 7.89. The Labute approximate surface area is 126 Å². The van der Waals surface area contributed by atoms with Gasteiger partial charge in [0, 0.05) is 15.7 Å². The summed E-state index contributed by atoms with van der Waals surface area (Å²) in [5.74, 6) is 0. The predicted molar refractivity (Wildman–Crippen MR) is 82.0 cm³/mol. The number of hydrogen-bond donors (Lipinski definition) is 3. The van der Waals surface area contributed by atoms with Gasteiger partial charge in [0.05, 0.1) is 16.3 Å². The average molecular weight is 332 g/mol. The molecule has 0 unspecified atom stereocenters. The summed E-state index contributed by atoms with van der Waals surface area (Å²) in [5.41, 5.74) is 7.14. The molecule has 5 nitrogen and oxygen atoms in total. The van der Waals surface area contributed by atoms with E-state index in [1.807, 2.05) is 0 Å². The van der Waals surface area contributed by atoms with Crippen LogP contribution in [0.15, 0.2) is 41.3 Å². The first-order valence-electron chi connectivity index (χ1n) is 5.41. The Morgan fingerprint density at radius 1 is 1.00 bits per heavy atom. The minimum atomic E-state index is -3.80. The summed E-state index contributed by atoms with van der Waals surface area (Å²) in [6.07, 6.45) is 0. The van der Waals surface area contributed by atoms with Crippen LogP contribution in [0.2, 0.25) is 10.0 Å². The van der Waals surface area contributed by atoms with Crippen LogP contribution in [-0.4, -0.2) is 8.42 Å². The SMILES string of the molecule is Nc1ccc(S(N)(=O)=O)cc1Nc1cc(Cl)cc(Cl)c1. The maximum atomic E-state index is 11.3. The molecule has 0 aliphatic rings. The summed E-state index contributed by atoms with van der Waals surface area (Å²) < 4.78 is 22.6. The predicted octanol–water partition coefficient (Wildman–Crippen LogP) is 2.97. The van der Waals surface area contributed by atoms with Crippen molar-refractivity contribution in [2.75, 3.05) is 11.1 Å². The van der Waals surface area contributed by atoms with Crippen molar-refractivity contribution < 1.29 is 8.42 Å². The van der Waals surface area contributed by atoms with Crippen LogP contribution in [0.5, 0.6) is 0 Å². The molecule has 0 saturated heterocycles. The molecule has 106 valence electrons. The molecule has 5 N–H and O–H groups in total. The zero-order valence-electron chi connectivity index (χ0n) is 10.1. The zero-order chi connectivity index (χ0) is 14.9. The second-order valence-electron chi connectivity index (χ2n) is 4.08. The number of hydrogen-bond acceptors (Lipinski definition) is 4.